The van der Waals surface area contributed by atoms with E-state index < -0.39 is 23.5 Å². The van der Waals surface area contributed by atoms with Crippen molar-refractivity contribution in [3.8, 4) is 0 Å². The Morgan fingerprint density at radius 1 is 1.05 bits per heavy atom. The third-order valence-corrected chi connectivity index (χ3v) is 3.65. The molecule has 1 unspecified atom stereocenters. The third-order valence-electron chi connectivity index (χ3n) is 3.15. The van der Waals surface area contributed by atoms with Gasteiger partial charge in [0, 0.05) is 21.6 Å². The van der Waals surface area contributed by atoms with Crippen molar-refractivity contribution in [1.82, 2.24) is 5.32 Å². The largest absolute Gasteiger partial charge is 0.313 e. The summed E-state index contributed by atoms with van der Waals surface area (Å²) in [7, 11) is 1.63. The van der Waals surface area contributed by atoms with Gasteiger partial charge < -0.3 is 5.32 Å². The molecule has 2 aromatic carbocycles. The lowest BCUT2D eigenvalue weighted by atomic mass is 9.98. The van der Waals surface area contributed by atoms with Crippen molar-refractivity contribution in [1.29, 1.82) is 0 Å². The van der Waals surface area contributed by atoms with Crippen molar-refractivity contribution >= 4 is 15.9 Å². The van der Waals surface area contributed by atoms with Gasteiger partial charge >= 0.3 is 0 Å². The lowest BCUT2D eigenvalue weighted by Gasteiger charge is -2.18. The van der Waals surface area contributed by atoms with Crippen LogP contribution in [0.4, 0.5) is 13.2 Å². The first kappa shape index (κ1) is 15.1. The number of likely N-dealkylation sites (N-methyl/N-ethyl adjacent to an activating group) is 1. The van der Waals surface area contributed by atoms with Crippen LogP contribution in [0.25, 0.3) is 0 Å². The molecule has 1 N–H and O–H groups in total. The van der Waals surface area contributed by atoms with Gasteiger partial charge in [-0.25, -0.2) is 13.2 Å². The van der Waals surface area contributed by atoms with Crippen LogP contribution in [0, 0.1) is 17.5 Å². The number of nitrogens with one attached hydrogen (secondary N) is 1. The summed E-state index contributed by atoms with van der Waals surface area (Å²) in [5.74, 6) is -1.66. The summed E-state index contributed by atoms with van der Waals surface area (Å²) in [6, 6.07) is 7.69. The summed E-state index contributed by atoms with van der Waals surface area (Å²) < 4.78 is 41.9. The molecule has 0 spiro atoms. The van der Waals surface area contributed by atoms with E-state index in [1.165, 1.54) is 24.3 Å². The summed E-state index contributed by atoms with van der Waals surface area (Å²) in [6.07, 6.45) is 0.0301. The van der Waals surface area contributed by atoms with Gasteiger partial charge in [-0.05, 0) is 43.8 Å². The van der Waals surface area contributed by atoms with E-state index >= 15 is 0 Å². The van der Waals surface area contributed by atoms with E-state index in [0.29, 0.717) is 10.0 Å². The van der Waals surface area contributed by atoms with Crippen LogP contribution in [-0.4, -0.2) is 7.05 Å². The van der Waals surface area contributed by atoms with Crippen molar-refractivity contribution in [3.05, 3.63) is 69.4 Å². The smallest absolute Gasteiger partial charge is 0.129 e. The van der Waals surface area contributed by atoms with E-state index in [1.807, 2.05) is 0 Å². The quantitative estimate of drug-likeness (QED) is 0.869. The van der Waals surface area contributed by atoms with Gasteiger partial charge in [-0.3, -0.25) is 0 Å². The first-order valence-electron chi connectivity index (χ1n) is 6.08. The fourth-order valence-corrected chi connectivity index (χ4v) is 2.46. The molecular formula is C15H13BrF3N. The molecule has 5 heteroatoms. The first-order chi connectivity index (χ1) is 9.52. The predicted octanol–water partition coefficient (Wildman–Crippen LogP) is 4.37. The second-order valence-electron chi connectivity index (χ2n) is 4.41. The molecule has 0 saturated carbocycles. The van der Waals surface area contributed by atoms with Crippen molar-refractivity contribution in [3.63, 3.8) is 0 Å². The Morgan fingerprint density at radius 3 is 2.30 bits per heavy atom. The summed E-state index contributed by atoms with van der Waals surface area (Å²) in [4.78, 5) is 0. The molecule has 2 rings (SSSR count). The molecule has 0 bridgehead atoms. The average Bonchev–Trinajstić information content (AvgIpc) is 2.42. The molecule has 2 aromatic rings. The molecule has 0 aliphatic carbocycles. The van der Waals surface area contributed by atoms with Crippen LogP contribution in [0.5, 0.6) is 0 Å². The fraction of sp³-hybridized carbons (Fsp3) is 0.200. The molecule has 0 saturated heterocycles. The lowest BCUT2D eigenvalue weighted by molar-refractivity contribution is 0.496. The van der Waals surface area contributed by atoms with Crippen molar-refractivity contribution < 1.29 is 13.2 Å². The van der Waals surface area contributed by atoms with E-state index in [-0.39, 0.29) is 12.0 Å². The average molecular weight is 344 g/mol. The molecule has 1 atom stereocenters. The third kappa shape index (κ3) is 3.22. The number of rotatable bonds is 4. The van der Waals surface area contributed by atoms with Crippen molar-refractivity contribution in [2.24, 2.45) is 0 Å². The second-order valence-corrected chi connectivity index (χ2v) is 5.33. The van der Waals surface area contributed by atoms with E-state index in [9.17, 15) is 13.2 Å². The molecule has 0 heterocycles. The Hall–Kier alpha value is -1.33. The number of hydrogen-bond donors (Lipinski definition) is 1. The van der Waals surface area contributed by atoms with Crippen LogP contribution < -0.4 is 5.32 Å². The van der Waals surface area contributed by atoms with Gasteiger partial charge in [0.15, 0.2) is 0 Å². The molecule has 0 radical (unpaired) electrons. The zero-order valence-electron chi connectivity index (χ0n) is 10.8. The van der Waals surface area contributed by atoms with Crippen LogP contribution in [0.3, 0.4) is 0 Å². The molecular weight excluding hydrogens is 331 g/mol. The number of benzene rings is 2. The van der Waals surface area contributed by atoms with Crippen LogP contribution in [0.15, 0.2) is 40.9 Å². The highest BCUT2D eigenvalue weighted by Crippen LogP contribution is 2.26. The Labute approximate surface area is 123 Å². The number of halogens is 4. The topological polar surface area (TPSA) is 12.0 Å². The SMILES string of the molecule is CNC(Cc1c(F)cccc1F)c1cc(Br)ccc1F. The molecule has 0 fully saturated rings. The molecule has 20 heavy (non-hydrogen) atoms. The van der Waals surface area contributed by atoms with Gasteiger partial charge in [-0.15, -0.1) is 0 Å². The molecule has 1 nitrogen and oxygen atoms in total. The van der Waals surface area contributed by atoms with Gasteiger partial charge in [0.25, 0.3) is 0 Å². The van der Waals surface area contributed by atoms with Gasteiger partial charge in [0.2, 0.25) is 0 Å². The van der Waals surface area contributed by atoms with E-state index in [1.54, 1.807) is 19.2 Å². The fourth-order valence-electron chi connectivity index (χ4n) is 2.08. The normalized spacial score (nSPS) is 12.4. The Bertz CT molecular complexity index is 596. The summed E-state index contributed by atoms with van der Waals surface area (Å²) in [5, 5.41) is 2.90. The molecule has 0 aliphatic heterocycles. The van der Waals surface area contributed by atoms with Crippen LogP contribution >= 0.6 is 15.9 Å². The van der Waals surface area contributed by atoms with Crippen LogP contribution in [-0.2, 0) is 6.42 Å². The predicted molar refractivity (Wildman–Crippen MR) is 76.0 cm³/mol. The highest BCUT2D eigenvalue weighted by atomic mass is 79.9. The van der Waals surface area contributed by atoms with Gasteiger partial charge in [-0.1, -0.05) is 22.0 Å². The maximum absolute atomic E-state index is 13.9. The molecule has 0 aliphatic rings. The highest BCUT2D eigenvalue weighted by molar-refractivity contribution is 9.10. The minimum atomic E-state index is -0.624. The van der Waals surface area contributed by atoms with Crippen LogP contribution in [0.2, 0.25) is 0 Å². The summed E-state index contributed by atoms with van der Waals surface area (Å²) in [5.41, 5.74) is 0.316. The molecule has 0 aromatic heterocycles. The van der Waals surface area contributed by atoms with E-state index in [2.05, 4.69) is 21.2 Å². The standard InChI is InChI=1S/C15H13BrF3N/c1-20-15(11-7-9(16)5-6-14(11)19)8-10-12(17)3-2-4-13(10)18/h2-7,15,20H,8H2,1H3. The Kier molecular flexibility index (Phi) is 4.83. The lowest BCUT2D eigenvalue weighted by Crippen LogP contribution is -2.21. The second kappa shape index (κ2) is 6.41. The van der Waals surface area contributed by atoms with Crippen LogP contribution in [0.1, 0.15) is 17.2 Å². The van der Waals surface area contributed by atoms with Crippen molar-refractivity contribution in [2.75, 3.05) is 7.05 Å². The van der Waals surface area contributed by atoms with E-state index in [0.717, 1.165) is 0 Å². The Morgan fingerprint density at radius 2 is 1.70 bits per heavy atom. The summed E-state index contributed by atoms with van der Waals surface area (Å²) >= 11 is 3.27. The minimum absolute atomic E-state index is 0.0301. The van der Waals surface area contributed by atoms with Gasteiger partial charge in [-0.2, -0.15) is 0 Å². The van der Waals surface area contributed by atoms with Gasteiger partial charge in [0.1, 0.15) is 17.5 Å². The minimum Gasteiger partial charge on any atom is -0.313 e. The zero-order chi connectivity index (χ0) is 14.7. The van der Waals surface area contributed by atoms with E-state index in [4.69, 9.17) is 0 Å². The monoisotopic (exact) mass is 343 g/mol. The maximum atomic E-state index is 13.9. The Balaban J connectivity index is 2.36. The van der Waals surface area contributed by atoms with Crippen molar-refractivity contribution in [2.45, 2.75) is 12.5 Å². The highest BCUT2D eigenvalue weighted by Gasteiger charge is 2.19. The maximum Gasteiger partial charge on any atom is 0.129 e. The number of hydrogen-bond acceptors (Lipinski definition) is 1. The molecule has 0 amide bonds. The zero-order valence-corrected chi connectivity index (χ0v) is 12.3. The first-order valence-corrected chi connectivity index (χ1v) is 6.87. The van der Waals surface area contributed by atoms with Gasteiger partial charge in [0.05, 0.1) is 0 Å². The molecule has 106 valence electrons. The summed E-state index contributed by atoms with van der Waals surface area (Å²) in [6.45, 7) is 0.